The topological polar surface area (TPSA) is 72.5 Å². The summed E-state index contributed by atoms with van der Waals surface area (Å²) in [5.74, 6) is 1.26. The van der Waals surface area contributed by atoms with Gasteiger partial charge < -0.3 is 27.5 Å². The maximum absolute atomic E-state index is 13.8. The Morgan fingerprint density at radius 1 is 0.750 bits per heavy atom. The van der Waals surface area contributed by atoms with E-state index in [9.17, 15) is 4.79 Å². The molecule has 0 spiro atoms. The maximum atomic E-state index is 13.8. The molecule has 310 valence electrons. The van der Waals surface area contributed by atoms with Gasteiger partial charge in [-0.3, -0.25) is 4.79 Å². The van der Waals surface area contributed by atoms with Gasteiger partial charge in [0, 0.05) is 12.5 Å². The monoisotopic (exact) mass is 820 g/mol. The van der Waals surface area contributed by atoms with E-state index in [1.54, 1.807) is 14.0 Å². The van der Waals surface area contributed by atoms with Gasteiger partial charge in [-0.25, -0.2) is 0 Å². The van der Waals surface area contributed by atoms with Crippen molar-refractivity contribution in [2.45, 2.75) is 154 Å². The lowest BCUT2D eigenvalue weighted by Gasteiger charge is -2.51. The first-order valence-electron chi connectivity index (χ1n) is 20.9. The van der Waals surface area contributed by atoms with Gasteiger partial charge in [-0.2, -0.15) is 0 Å². The standard InChI is InChI=1S/C46H72O7Si3/c1-15-55(16-2,17-3)53-42-34(4)41(43(35(5)47)52-54(13,14)45(6,7)8)51-40(44(42)50-37-30-28-36(48-12)29-31-37)32-33-49-56(46(9,10)11,38-24-20-18-21-25-38)39-26-22-19-23-27-39/h18-31,34,40-44H,15-17,32-33H2,1-14H3/t34-,40+,41+,42+,43+,44+/m0/s1. The van der Waals surface area contributed by atoms with E-state index in [2.05, 4.69) is 143 Å². The van der Waals surface area contributed by atoms with E-state index in [1.165, 1.54) is 10.4 Å². The van der Waals surface area contributed by atoms with Gasteiger partial charge in [0.15, 0.2) is 22.4 Å². The summed E-state index contributed by atoms with van der Waals surface area (Å²) < 4.78 is 41.8. The normalized spacial score (nSPS) is 21.7. The van der Waals surface area contributed by atoms with Crippen LogP contribution in [0.15, 0.2) is 84.9 Å². The molecule has 1 aliphatic heterocycles. The first-order chi connectivity index (χ1) is 26.3. The highest BCUT2D eigenvalue weighted by atomic mass is 28.4. The fourth-order valence-corrected chi connectivity index (χ4v) is 16.9. The first kappa shape index (κ1) is 46.1. The number of ketones is 1. The lowest BCUT2D eigenvalue weighted by molar-refractivity contribution is -0.208. The van der Waals surface area contributed by atoms with Crippen molar-refractivity contribution in [2.75, 3.05) is 13.7 Å². The van der Waals surface area contributed by atoms with Gasteiger partial charge in [0.05, 0.1) is 25.4 Å². The maximum Gasteiger partial charge on any atom is 0.261 e. The van der Waals surface area contributed by atoms with Crippen LogP contribution in [0.1, 0.15) is 82.6 Å². The molecule has 0 aromatic heterocycles. The van der Waals surface area contributed by atoms with Gasteiger partial charge in [0.2, 0.25) is 0 Å². The summed E-state index contributed by atoms with van der Waals surface area (Å²) in [6.45, 7) is 29.0. The quantitative estimate of drug-likeness (QED) is 0.118. The highest BCUT2D eigenvalue weighted by molar-refractivity contribution is 6.99. The summed E-state index contributed by atoms with van der Waals surface area (Å²) in [4.78, 5) is 13.8. The van der Waals surface area contributed by atoms with Crippen molar-refractivity contribution < 1.29 is 32.3 Å². The number of carbonyl (C=O) groups excluding carboxylic acids is 1. The summed E-state index contributed by atoms with van der Waals surface area (Å²) in [6, 6.07) is 32.2. The van der Waals surface area contributed by atoms with Crippen molar-refractivity contribution >= 4 is 41.1 Å². The third-order valence-corrected chi connectivity index (χ3v) is 26.9. The fourth-order valence-electron chi connectivity index (χ4n) is 8.06. The Kier molecular flexibility index (Phi) is 15.6. The van der Waals surface area contributed by atoms with Crippen molar-refractivity contribution in [1.29, 1.82) is 0 Å². The van der Waals surface area contributed by atoms with E-state index in [0.29, 0.717) is 18.8 Å². The molecule has 0 amide bonds. The number of hydrogen-bond acceptors (Lipinski definition) is 7. The van der Waals surface area contributed by atoms with Gasteiger partial charge in [0.1, 0.15) is 23.7 Å². The molecule has 3 aromatic rings. The van der Waals surface area contributed by atoms with Gasteiger partial charge in [-0.15, -0.1) is 0 Å². The highest BCUT2D eigenvalue weighted by Crippen LogP contribution is 2.43. The van der Waals surface area contributed by atoms with Crippen LogP contribution in [-0.4, -0.2) is 75.0 Å². The molecule has 4 rings (SSSR count). The molecular weight excluding hydrogens is 749 g/mol. The molecule has 0 bridgehead atoms. The van der Waals surface area contributed by atoms with Crippen LogP contribution in [0.2, 0.25) is 41.3 Å². The van der Waals surface area contributed by atoms with Crippen molar-refractivity contribution in [2.24, 2.45) is 5.92 Å². The van der Waals surface area contributed by atoms with Crippen LogP contribution >= 0.6 is 0 Å². The van der Waals surface area contributed by atoms with Crippen LogP contribution in [0, 0.1) is 5.92 Å². The second kappa shape index (κ2) is 19.0. The molecule has 6 atom stereocenters. The van der Waals surface area contributed by atoms with Crippen LogP contribution in [-0.2, 0) is 22.8 Å². The number of ether oxygens (including phenoxy) is 3. The molecule has 0 N–H and O–H groups in total. The molecule has 10 heteroatoms. The molecule has 0 unspecified atom stereocenters. The summed E-state index contributed by atoms with van der Waals surface area (Å²) in [5.41, 5.74) is 0. The van der Waals surface area contributed by atoms with Crippen LogP contribution in [0.25, 0.3) is 0 Å². The zero-order valence-corrected chi connectivity index (χ0v) is 39.9. The summed E-state index contributed by atoms with van der Waals surface area (Å²) in [6.07, 6.45) is -1.99. The Bertz CT molecular complexity index is 1600. The molecule has 7 nitrogen and oxygen atoms in total. The van der Waals surface area contributed by atoms with Gasteiger partial charge in [-0.05, 0) is 89.3 Å². The second-order valence-electron chi connectivity index (χ2n) is 18.3. The molecule has 0 aliphatic carbocycles. The van der Waals surface area contributed by atoms with Crippen molar-refractivity contribution in [3.8, 4) is 11.5 Å². The molecular formula is C46H72O7Si3. The lowest BCUT2D eigenvalue weighted by atomic mass is 9.84. The Balaban J connectivity index is 1.86. The van der Waals surface area contributed by atoms with Crippen molar-refractivity contribution in [3.63, 3.8) is 0 Å². The third kappa shape index (κ3) is 10.2. The predicted octanol–water partition coefficient (Wildman–Crippen LogP) is 10.2. The van der Waals surface area contributed by atoms with Crippen molar-refractivity contribution in [1.82, 2.24) is 0 Å². The van der Waals surface area contributed by atoms with E-state index >= 15 is 0 Å². The number of rotatable bonds is 18. The smallest absolute Gasteiger partial charge is 0.261 e. The van der Waals surface area contributed by atoms with E-state index in [-0.39, 0.29) is 27.9 Å². The minimum Gasteiger partial charge on any atom is -0.497 e. The largest absolute Gasteiger partial charge is 0.497 e. The average molecular weight is 821 g/mol. The Morgan fingerprint density at radius 2 is 1.25 bits per heavy atom. The zero-order valence-electron chi connectivity index (χ0n) is 36.9. The van der Waals surface area contributed by atoms with Crippen LogP contribution in [0.4, 0.5) is 0 Å². The summed E-state index contributed by atoms with van der Waals surface area (Å²) >= 11 is 0. The molecule has 1 fully saturated rings. The number of carbonyl (C=O) groups is 1. The molecule has 1 heterocycles. The van der Waals surface area contributed by atoms with E-state index in [1.807, 2.05) is 24.3 Å². The van der Waals surface area contributed by atoms with E-state index in [0.717, 1.165) is 23.9 Å². The fraction of sp³-hybridized carbons (Fsp3) is 0.587. The molecule has 1 saturated heterocycles. The Morgan fingerprint density at radius 3 is 1.68 bits per heavy atom. The Hall–Kier alpha value is -2.58. The first-order valence-corrected chi connectivity index (χ1v) is 28.2. The van der Waals surface area contributed by atoms with E-state index in [4.69, 9.17) is 27.5 Å². The third-order valence-electron chi connectivity index (χ3n) is 12.8. The number of benzene rings is 3. The average Bonchev–Trinajstić information content (AvgIpc) is 3.16. The van der Waals surface area contributed by atoms with Crippen LogP contribution in [0.5, 0.6) is 11.5 Å². The highest BCUT2D eigenvalue weighted by Gasteiger charge is 2.54. The molecule has 0 radical (unpaired) electrons. The SMILES string of the molecule is CC[Si](CC)(CC)O[C@@H]1[C@@H](C)[C@H]([C@H](O[Si](C)(C)C(C)(C)C)C(C)=O)O[C@H](CCO[Si](c2ccccc2)(c2ccccc2)C(C)(C)C)[C@H]1Oc1ccc(OC)cc1. The van der Waals surface area contributed by atoms with E-state index < -0.39 is 49.4 Å². The van der Waals surface area contributed by atoms with Gasteiger partial charge in [0.25, 0.3) is 8.32 Å². The number of methoxy groups -OCH3 is 1. The summed E-state index contributed by atoms with van der Waals surface area (Å²) in [5, 5.41) is 2.18. The molecule has 56 heavy (non-hydrogen) atoms. The molecule has 3 aromatic carbocycles. The molecule has 0 saturated carbocycles. The van der Waals surface area contributed by atoms with Gasteiger partial charge >= 0.3 is 0 Å². The predicted molar refractivity (Wildman–Crippen MR) is 238 cm³/mol. The van der Waals surface area contributed by atoms with Gasteiger partial charge in [-0.1, -0.05) is 130 Å². The minimum atomic E-state index is -2.84. The van der Waals surface area contributed by atoms with Crippen LogP contribution < -0.4 is 19.8 Å². The minimum absolute atomic E-state index is 0.0211. The van der Waals surface area contributed by atoms with Crippen molar-refractivity contribution in [3.05, 3.63) is 84.9 Å². The lowest BCUT2D eigenvalue weighted by Crippen LogP contribution is -2.67. The zero-order chi connectivity index (χ0) is 41.5. The molecule has 1 aliphatic rings. The second-order valence-corrected chi connectivity index (χ2v) is 32.1. The Labute approximate surface area is 342 Å². The number of hydrogen-bond donors (Lipinski definition) is 0. The summed E-state index contributed by atoms with van der Waals surface area (Å²) in [7, 11) is -5.75. The number of Topliss-reactive ketones (excluding diaryl/α,β-unsaturated/α-hetero) is 1. The van der Waals surface area contributed by atoms with Crippen LogP contribution in [0.3, 0.4) is 0 Å².